The van der Waals surface area contributed by atoms with Crippen molar-refractivity contribution in [3.8, 4) is 6.07 Å². The maximum Gasteiger partial charge on any atom is 0.242 e. The summed E-state index contributed by atoms with van der Waals surface area (Å²) in [7, 11) is 1.84. The number of nitriles is 1. The number of piperazine rings is 1. The van der Waals surface area contributed by atoms with Crippen LogP contribution in [0.3, 0.4) is 0 Å². The van der Waals surface area contributed by atoms with Gasteiger partial charge in [-0.1, -0.05) is 6.92 Å². The Labute approximate surface area is 97.8 Å². The lowest BCUT2D eigenvalue weighted by molar-refractivity contribution is -0.149. The van der Waals surface area contributed by atoms with Crippen molar-refractivity contribution in [1.82, 2.24) is 9.80 Å². The van der Waals surface area contributed by atoms with E-state index in [4.69, 9.17) is 5.26 Å². The standard InChI is InChI=1S/C12H21N3O/c1-5-10(6-7-13)15-9-8-14(4)11(16)12(15,2)3/h10H,5-6,8-9H2,1-4H3. The number of nitrogens with zero attached hydrogens (tertiary/aromatic N) is 3. The highest BCUT2D eigenvalue weighted by molar-refractivity contribution is 5.86. The Balaban J connectivity index is 2.88. The third kappa shape index (κ3) is 2.19. The molecule has 0 aromatic heterocycles. The van der Waals surface area contributed by atoms with Gasteiger partial charge in [-0.3, -0.25) is 9.69 Å². The first-order chi connectivity index (χ1) is 7.45. The van der Waals surface area contributed by atoms with Gasteiger partial charge in [0.05, 0.1) is 18.0 Å². The molecule has 0 bridgehead atoms. The summed E-state index contributed by atoms with van der Waals surface area (Å²) in [6.45, 7) is 7.58. The van der Waals surface area contributed by atoms with E-state index in [1.165, 1.54) is 0 Å². The molecule has 1 aliphatic rings. The number of hydrogen-bond donors (Lipinski definition) is 0. The van der Waals surface area contributed by atoms with E-state index in [1.807, 2.05) is 20.9 Å². The van der Waals surface area contributed by atoms with Crippen molar-refractivity contribution < 1.29 is 4.79 Å². The van der Waals surface area contributed by atoms with E-state index in [1.54, 1.807) is 4.90 Å². The van der Waals surface area contributed by atoms with Crippen molar-refractivity contribution in [3.05, 3.63) is 0 Å². The van der Waals surface area contributed by atoms with Gasteiger partial charge in [0.25, 0.3) is 0 Å². The molecule has 1 saturated heterocycles. The van der Waals surface area contributed by atoms with Crippen LogP contribution in [0.25, 0.3) is 0 Å². The lowest BCUT2D eigenvalue weighted by Crippen LogP contribution is -2.64. The minimum Gasteiger partial charge on any atom is -0.343 e. The average Bonchev–Trinajstić information content (AvgIpc) is 2.24. The highest BCUT2D eigenvalue weighted by Crippen LogP contribution is 2.26. The van der Waals surface area contributed by atoms with Crippen molar-refractivity contribution >= 4 is 5.91 Å². The van der Waals surface area contributed by atoms with Crippen LogP contribution in [-0.4, -0.2) is 47.4 Å². The van der Waals surface area contributed by atoms with Crippen LogP contribution in [0.2, 0.25) is 0 Å². The number of hydrogen-bond acceptors (Lipinski definition) is 3. The van der Waals surface area contributed by atoms with Gasteiger partial charge in [-0.25, -0.2) is 0 Å². The van der Waals surface area contributed by atoms with Crippen LogP contribution in [-0.2, 0) is 4.79 Å². The van der Waals surface area contributed by atoms with Crippen molar-refractivity contribution in [2.75, 3.05) is 20.1 Å². The second kappa shape index (κ2) is 4.84. The smallest absolute Gasteiger partial charge is 0.242 e. The Hall–Kier alpha value is -1.08. The molecule has 0 spiro atoms. The second-order valence-electron chi connectivity index (χ2n) is 4.90. The van der Waals surface area contributed by atoms with E-state index in [0.29, 0.717) is 6.42 Å². The van der Waals surface area contributed by atoms with Gasteiger partial charge in [-0.15, -0.1) is 0 Å². The largest absolute Gasteiger partial charge is 0.343 e. The van der Waals surface area contributed by atoms with E-state index in [9.17, 15) is 4.79 Å². The predicted molar refractivity (Wildman–Crippen MR) is 62.7 cm³/mol. The molecular formula is C12H21N3O. The van der Waals surface area contributed by atoms with Crippen molar-refractivity contribution in [1.29, 1.82) is 5.26 Å². The molecule has 1 rings (SSSR count). The van der Waals surface area contributed by atoms with Crippen LogP contribution < -0.4 is 0 Å². The Morgan fingerprint density at radius 3 is 2.62 bits per heavy atom. The highest BCUT2D eigenvalue weighted by Gasteiger charge is 2.42. The molecule has 1 unspecified atom stereocenters. The Morgan fingerprint density at radius 1 is 1.50 bits per heavy atom. The molecule has 0 radical (unpaired) electrons. The number of amides is 1. The van der Waals surface area contributed by atoms with Crippen LogP contribution in [0.5, 0.6) is 0 Å². The minimum atomic E-state index is -0.482. The summed E-state index contributed by atoms with van der Waals surface area (Å²) < 4.78 is 0. The molecule has 0 aromatic carbocycles. The maximum atomic E-state index is 12.1. The fourth-order valence-corrected chi connectivity index (χ4v) is 2.45. The van der Waals surface area contributed by atoms with E-state index in [0.717, 1.165) is 19.5 Å². The van der Waals surface area contributed by atoms with Gasteiger partial charge in [0.2, 0.25) is 5.91 Å². The zero-order valence-electron chi connectivity index (χ0n) is 10.7. The summed E-state index contributed by atoms with van der Waals surface area (Å²) in [5.41, 5.74) is -0.482. The summed E-state index contributed by atoms with van der Waals surface area (Å²) >= 11 is 0. The average molecular weight is 223 g/mol. The topological polar surface area (TPSA) is 47.3 Å². The first-order valence-corrected chi connectivity index (χ1v) is 5.84. The van der Waals surface area contributed by atoms with Gasteiger partial charge in [0.1, 0.15) is 0 Å². The molecule has 4 nitrogen and oxygen atoms in total. The quantitative estimate of drug-likeness (QED) is 0.723. The Kier molecular flexibility index (Phi) is 3.93. The Bertz CT molecular complexity index is 306. The van der Waals surface area contributed by atoms with Crippen LogP contribution in [0.15, 0.2) is 0 Å². The monoisotopic (exact) mass is 223 g/mol. The van der Waals surface area contributed by atoms with Gasteiger partial charge in [-0.2, -0.15) is 5.26 Å². The molecule has 16 heavy (non-hydrogen) atoms. The number of rotatable bonds is 3. The normalized spacial score (nSPS) is 22.9. The summed E-state index contributed by atoms with van der Waals surface area (Å²) in [4.78, 5) is 16.0. The molecule has 4 heteroatoms. The minimum absolute atomic E-state index is 0.148. The van der Waals surface area contributed by atoms with E-state index >= 15 is 0 Å². The molecule has 1 fully saturated rings. The molecule has 1 amide bonds. The van der Waals surface area contributed by atoms with Crippen molar-refractivity contribution in [2.24, 2.45) is 0 Å². The molecule has 1 aliphatic heterocycles. The van der Waals surface area contributed by atoms with E-state index < -0.39 is 5.54 Å². The summed E-state index contributed by atoms with van der Waals surface area (Å²) in [6.07, 6.45) is 1.41. The molecular weight excluding hydrogens is 202 g/mol. The maximum absolute atomic E-state index is 12.1. The van der Waals surface area contributed by atoms with Gasteiger partial charge < -0.3 is 4.90 Å². The van der Waals surface area contributed by atoms with Crippen LogP contribution in [0, 0.1) is 11.3 Å². The fourth-order valence-electron chi connectivity index (χ4n) is 2.45. The number of carbonyl (C=O) groups is 1. The van der Waals surface area contributed by atoms with Gasteiger partial charge in [0, 0.05) is 26.2 Å². The molecule has 1 atom stereocenters. The van der Waals surface area contributed by atoms with Crippen molar-refractivity contribution in [2.45, 2.75) is 45.2 Å². The van der Waals surface area contributed by atoms with Crippen LogP contribution in [0.1, 0.15) is 33.6 Å². The third-order valence-electron chi connectivity index (χ3n) is 3.50. The SMILES string of the molecule is CCC(CC#N)N1CCN(C)C(=O)C1(C)C. The summed E-state index contributed by atoms with van der Waals surface area (Å²) in [6, 6.07) is 2.41. The molecule has 0 N–H and O–H groups in total. The molecule has 0 saturated carbocycles. The van der Waals surface area contributed by atoms with Crippen LogP contribution >= 0.6 is 0 Å². The van der Waals surface area contributed by atoms with Crippen molar-refractivity contribution in [3.63, 3.8) is 0 Å². The van der Waals surface area contributed by atoms with Gasteiger partial charge in [-0.05, 0) is 20.3 Å². The molecule has 0 aliphatic carbocycles. The first kappa shape index (κ1) is 13.0. The molecule has 90 valence electrons. The third-order valence-corrected chi connectivity index (χ3v) is 3.50. The first-order valence-electron chi connectivity index (χ1n) is 5.84. The fraction of sp³-hybridized carbons (Fsp3) is 0.833. The molecule has 1 heterocycles. The molecule has 0 aromatic rings. The zero-order valence-corrected chi connectivity index (χ0v) is 10.7. The lowest BCUT2D eigenvalue weighted by Gasteiger charge is -2.48. The van der Waals surface area contributed by atoms with Gasteiger partial charge >= 0.3 is 0 Å². The van der Waals surface area contributed by atoms with E-state index in [-0.39, 0.29) is 11.9 Å². The summed E-state index contributed by atoms with van der Waals surface area (Å²) in [5, 5.41) is 8.81. The predicted octanol–water partition coefficient (Wildman–Crippen LogP) is 1.23. The zero-order chi connectivity index (χ0) is 12.3. The van der Waals surface area contributed by atoms with Crippen LogP contribution in [0.4, 0.5) is 0 Å². The van der Waals surface area contributed by atoms with Gasteiger partial charge in [0.15, 0.2) is 0 Å². The van der Waals surface area contributed by atoms with E-state index in [2.05, 4.69) is 17.9 Å². The Morgan fingerprint density at radius 2 is 2.12 bits per heavy atom. The number of likely N-dealkylation sites (N-methyl/N-ethyl adjacent to an activating group) is 1. The highest BCUT2D eigenvalue weighted by atomic mass is 16.2. The lowest BCUT2D eigenvalue weighted by atomic mass is 9.93. The summed E-state index contributed by atoms with van der Waals surface area (Å²) in [5.74, 6) is 0.148. The second-order valence-corrected chi connectivity index (χ2v) is 4.90. The number of carbonyl (C=O) groups excluding carboxylic acids is 1.